The number of methoxy groups -OCH3 is 2. The molecule has 2 heterocycles. The summed E-state index contributed by atoms with van der Waals surface area (Å²) in [4.78, 5) is 21.3. The summed E-state index contributed by atoms with van der Waals surface area (Å²) < 4.78 is 10.9. The number of anilines is 2. The second-order valence-corrected chi connectivity index (χ2v) is 7.40. The molecule has 0 amide bonds. The van der Waals surface area contributed by atoms with Crippen molar-refractivity contribution in [2.45, 2.75) is 6.42 Å². The highest BCUT2D eigenvalue weighted by molar-refractivity contribution is 7.22. The van der Waals surface area contributed by atoms with Crippen molar-refractivity contribution in [3.8, 4) is 16.2 Å². The molecule has 2 aromatic heterocycles. The third-order valence-corrected chi connectivity index (χ3v) is 5.66. The fraction of sp³-hybridized carbons (Fsp3) is 0.136. The lowest BCUT2D eigenvalue weighted by Crippen LogP contribution is -2.04. The van der Waals surface area contributed by atoms with Crippen LogP contribution in [0.1, 0.15) is 5.56 Å². The zero-order valence-corrected chi connectivity index (χ0v) is 16.8. The predicted octanol–water partition coefficient (Wildman–Crippen LogP) is 4.83. The van der Waals surface area contributed by atoms with Crippen LogP contribution in [0.4, 0.5) is 11.5 Å². The van der Waals surface area contributed by atoms with Crippen LogP contribution in [0.5, 0.6) is 5.75 Å². The summed E-state index contributed by atoms with van der Waals surface area (Å²) in [5, 5.41) is 3.35. The number of aromatic nitrogens is 2. The summed E-state index contributed by atoms with van der Waals surface area (Å²) in [5.41, 5.74) is 3.78. The molecule has 2 aromatic carbocycles. The lowest BCUT2D eigenvalue weighted by atomic mass is 10.1. The Balaban J connectivity index is 1.59. The summed E-state index contributed by atoms with van der Waals surface area (Å²) in [7, 11) is 3.05. The van der Waals surface area contributed by atoms with Gasteiger partial charge in [-0.15, -0.1) is 11.3 Å². The first-order chi connectivity index (χ1) is 14.2. The van der Waals surface area contributed by atoms with E-state index in [4.69, 9.17) is 9.47 Å². The van der Waals surface area contributed by atoms with Crippen LogP contribution in [-0.2, 0) is 16.0 Å². The van der Waals surface area contributed by atoms with Gasteiger partial charge >= 0.3 is 5.97 Å². The maximum atomic E-state index is 11.4. The average molecular weight is 405 g/mol. The van der Waals surface area contributed by atoms with Gasteiger partial charge in [0.25, 0.3) is 0 Å². The second-order valence-electron chi connectivity index (χ2n) is 6.35. The van der Waals surface area contributed by atoms with Crippen molar-refractivity contribution in [3.63, 3.8) is 0 Å². The van der Waals surface area contributed by atoms with Gasteiger partial charge < -0.3 is 14.8 Å². The van der Waals surface area contributed by atoms with Gasteiger partial charge in [-0.2, -0.15) is 0 Å². The van der Waals surface area contributed by atoms with E-state index in [0.29, 0.717) is 0 Å². The van der Waals surface area contributed by atoms with Crippen LogP contribution in [-0.4, -0.2) is 30.2 Å². The number of benzene rings is 2. The summed E-state index contributed by atoms with van der Waals surface area (Å²) in [6, 6.07) is 17.7. The maximum Gasteiger partial charge on any atom is 0.309 e. The number of hydrogen-bond acceptors (Lipinski definition) is 7. The quantitative estimate of drug-likeness (QED) is 0.464. The Morgan fingerprint density at radius 1 is 1.03 bits per heavy atom. The lowest BCUT2D eigenvalue weighted by Gasteiger charge is -2.07. The molecule has 0 unspecified atom stereocenters. The maximum absolute atomic E-state index is 11.4. The second kappa shape index (κ2) is 8.28. The van der Waals surface area contributed by atoms with Crippen molar-refractivity contribution in [1.82, 2.24) is 9.97 Å². The molecule has 0 spiro atoms. The normalized spacial score (nSPS) is 10.7. The van der Waals surface area contributed by atoms with E-state index in [2.05, 4.69) is 21.4 Å². The van der Waals surface area contributed by atoms with E-state index in [1.807, 2.05) is 48.5 Å². The number of carbonyl (C=O) groups is 1. The van der Waals surface area contributed by atoms with Crippen LogP contribution in [0.15, 0.2) is 60.9 Å². The number of nitrogens with zero attached hydrogens (tertiary/aromatic N) is 2. The number of ether oxygens (including phenoxy) is 2. The smallest absolute Gasteiger partial charge is 0.309 e. The van der Waals surface area contributed by atoms with Gasteiger partial charge in [-0.05, 0) is 53.6 Å². The summed E-state index contributed by atoms with van der Waals surface area (Å²) in [6.07, 6.45) is 1.81. The molecule has 0 aliphatic rings. The van der Waals surface area contributed by atoms with Crippen LogP contribution >= 0.6 is 11.3 Å². The highest BCUT2D eigenvalue weighted by Crippen LogP contribution is 2.37. The van der Waals surface area contributed by atoms with Crippen LogP contribution in [0.25, 0.3) is 20.7 Å². The minimum atomic E-state index is -0.257. The van der Waals surface area contributed by atoms with E-state index in [-0.39, 0.29) is 12.4 Å². The number of esters is 1. The molecule has 0 bridgehead atoms. The third kappa shape index (κ3) is 4.20. The zero-order chi connectivity index (χ0) is 20.2. The van der Waals surface area contributed by atoms with E-state index < -0.39 is 0 Å². The molecule has 0 radical (unpaired) electrons. The first-order valence-corrected chi connectivity index (χ1v) is 9.79. The number of nitrogens with one attached hydrogen (secondary N) is 1. The van der Waals surface area contributed by atoms with Gasteiger partial charge in [0.2, 0.25) is 0 Å². The minimum Gasteiger partial charge on any atom is -0.497 e. The molecule has 0 fully saturated rings. The van der Waals surface area contributed by atoms with Crippen LogP contribution in [0, 0.1) is 0 Å². The molecule has 1 N–H and O–H groups in total. The minimum absolute atomic E-state index is 0.255. The molecule has 29 heavy (non-hydrogen) atoms. The lowest BCUT2D eigenvalue weighted by molar-refractivity contribution is -0.139. The molecule has 0 saturated carbocycles. The van der Waals surface area contributed by atoms with Crippen LogP contribution < -0.4 is 10.1 Å². The van der Waals surface area contributed by atoms with E-state index in [1.165, 1.54) is 7.11 Å². The van der Waals surface area contributed by atoms with E-state index in [9.17, 15) is 4.79 Å². The standard InChI is InChI=1S/C22H19N3O3S/c1-27-17-9-5-15(6-10-17)19-12-18-21(29-19)22(24-13-23-18)25-16-7-3-14(4-8-16)11-20(26)28-2/h3-10,12-13H,11H2,1-2H3,(H,23,24,25). The summed E-state index contributed by atoms with van der Waals surface area (Å²) in [6.45, 7) is 0. The van der Waals surface area contributed by atoms with Crippen molar-refractivity contribution >= 4 is 39.0 Å². The van der Waals surface area contributed by atoms with Crippen LogP contribution in [0.3, 0.4) is 0 Å². The molecule has 0 atom stereocenters. The number of carbonyl (C=O) groups excluding carboxylic acids is 1. The highest BCUT2D eigenvalue weighted by Gasteiger charge is 2.11. The Hall–Kier alpha value is -3.45. The van der Waals surface area contributed by atoms with E-state index >= 15 is 0 Å². The molecule has 146 valence electrons. The van der Waals surface area contributed by atoms with Gasteiger partial charge in [0, 0.05) is 10.6 Å². The topological polar surface area (TPSA) is 73.3 Å². The number of thiophene rings is 1. The van der Waals surface area contributed by atoms with Crippen molar-refractivity contribution < 1.29 is 14.3 Å². The number of fused-ring (bicyclic) bond motifs is 1. The Bertz CT molecular complexity index is 1140. The molecule has 6 nitrogen and oxygen atoms in total. The van der Waals surface area contributed by atoms with Gasteiger partial charge in [-0.1, -0.05) is 12.1 Å². The fourth-order valence-corrected chi connectivity index (χ4v) is 3.98. The molecule has 4 aromatic rings. The molecule has 7 heteroatoms. The van der Waals surface area contributed by atoms with E-state index in [0.717, 1.165) is 43.5 Å². The van der Waals surface area contributed by atoms with Gasteiger partial charge in [-0.3, -0.25) is 4.79 Å². The average Bonchev–Trinajstić information content (AvgIpc) is 3.20. The Kier molecular flexibility index (Phi) is 5.39. The molecule has 0 aliphatic heterocycles. The fourth-order valence-electron chi connectivity index (χ4n) is 2.92. The largest absolute Gasteiger partial charge is 0.497 e. The molecule has 0 aliphatic carbocycles. The molecule has 4 rings (SSSR count). The highest BCUT2D eigenvalue weighted by atomic mass is 32.1. The molecule has 0 saturated heterocycles. The number of rotatable bonds is 6. The van der Waals surface area contributed by atoms with Crippen molar-refractivity contribution in [1.29, 1.82) is 0 Å². The van der Waals surface area contributed by atoms with Gasteiger partial charge in [0.1, 0.15) is 12.1 Å². The molecular formula is C22H19N3O3S. The van der Waals surface area contributed by atoms with Gasteiger partial charge in [0.05, 0.1) is 30.9 Å². The first kappa shape index (κ1) is 18.9. The van der Waals surface area contributed by atoms with Crippen LogP contribution in [0.2, 0.25) is 0 Å². The zero-order valence-electron chi connectivity index (χ0n) is 16.0. The predicted molar refractivity (Wildman–Crippen MR) is 115 cm³/mol. The van der Waals surface area contributed by atoms with Crippen molar-refractivity contribution in [2.24, 2.45) is 0 Å². The molecular weight excluding hydrogens is 386 g/mol. The monoisotopic (exact) mass is 405 g/mol. The summed E-state index contributed by atoms with van der Waals surface area (Å²) >= 11 is 1.63. The van der Waals surface area contributed by atoms with Gasteiger partial charge in [-0.25, -0.2) is 9.97 Å². The first-order valence-electron chi connectivity index (χ1n) is 8.98. The van der Waals surface area contributed by atoms with Crippen molar-refractivity contribution in [2.75, 3.05) is 19.5 Å². The Morgan fingerprint density at radius 3 is 2.48 bits per heavy atom. The van der Waals surface area contributed by atoms with E-state index in [1.54, 1.807) is 24.8 Å². The third-order valence-electron chi connectivity index (χ3n) is 4.48. The number of hydrogen-bond donors (Lipinski definition) is 1. The van der Waals surface area contributed by atoms with Crippen molar-refractivity contribution in [3.05, 3.63) is 66.5 Å². The Morgan fingerprint density at radius 2 is 1.79 bits per heavy atom. The van der Waals surface area contributed by atoms with Gasteiger partial charge in [0.15, 0.2) is 5.82 Å². The Labute approximate surface area is 172 Å². The SMILES string of the molecule is COC(=O)Cc1ccc(Nc2ncnc3cc(-c4ccc(OC)cc4)sc23)cc1. The summed E-state index contributed by atoms with van der Waals surface area (Å²) in [5.74, 6) is 1.32.